The molecule has 2 aromatic rings. The molecule has 1 aliphatic heterocycles. The molecule has 0 atom stereocenters. The zero-order valence-electron chi connectivity index (χ0n) is 13.2. The van der Waals surface area contributed by atoms with Crippen molar-refractivity contribution in [3.63, 3.8) is 0 Å². The summed E-state index contributed by atoms with van der Waals surface area (Å²) in [5.74, 6) is 0. The number of anilines is 2. The molecule has 1 N–H and O–H groups in total. The molecule has 1 aliphatic rings. The van der Waals surface area contributed by atoms with Gasteiger partial charge in [-0.05, 0) is 46.8 Å². The number of hydrogen-bond acceptors (Lipinski definition) is 5. The maximum absolute atomic E-state index is 11.2. The van der Waals surface area contributed by atoms with E-state index in [1.54, 1.807) is 6.20 Å². The van der Waals surface area contributed by atoms with Crippen LogP contribution in [-0.2, 0) is 6.54 Å². The van der Waals surface area contributed by atoms with Crippen LogP contribution in [0.4, 0.5) is 17.1 Å². The second-order valence-electron chi connectivity index (χ2n) is 5.80. The van der Waals surface area contributed by atoms with E-state index in [-0.39, 0.29) is 5.69 Å². The number of pyridine rings is 1. The fraction of sp³-hybridized carbons (Fsp3) is 0.353. The van der Waals surface area contributed by atoms with E-state index in [1.807, 2.05) is 12.1 Å². The largest absolute Gasteiger partial charge is 0.374 e. The Morgan fingerprint density at radius 1 is 1.21 bits per heavy atom. The first-order valence-corrected chi connectivity index (χ1v) is 8.81. The summed E-state index contributed by atoms with van der Waals surface area (Å²) in [5, 5.41) is 14.4. The summed E-state index contributed by atoms with van der Waals surface area (Å²) in [6.07, 6.45) is 6.54. The van der Waals surface area contributed by atoms with Crippen molar-refractivity contribution in [2.75, 3.05) is 23.3 Å². The molecule has 7 heteroatoms. The Bertz CT molecular complexity index is 732. The van der Waals surface area contributed by atoms with E-state index in [1.165, 1.54) is 31.1 Å². The van der Waals surface area contributed by atoms with Crippen LogP contribution in [0.2, 0.25) is 0 Å². The van der Waals surface area contributed by atoms with E-state index in [0.717, 1.165) is 18.7 Å². The Hall–Kier alpha value is -2.15. The van der Waals surface area contributed by atoms with E-state index in [0.29, 0.717) is 16.7 Å². The second kappa shape index (κ2) is 7.61. The van der Waals surface area contributed by atoms with Crippen molar-refractivity contribution in [2.24, 2.45) is 0 Å². The molecule has 0 unspecified atom stereocenters. The van der Waals surface area contributed by atoms with E-state index >= 15 is 0 Å². The number of benzene rings is 1. The minimum atomic E-state index is -0.420. The van der Waals surface area contributed by atoms with Crippen molar-refractivity contribution in [1.82, 2.24) is 4.98 Å². The molecule has 6 nitrogen and oxygen atoms in total. The minimum absolute atomic E-state index is 0.0279. The van der Waals surface area contributed by atoms with Crippen LogP contribution in [0, 0.1) is 10.1 Å². The summed E-state index contributed by atoms with van der Waals surface area (Å²) < 4.78 is 0.590. The number of rotatable bonds is 5. The highest BCUT2D eigenvalue weighted by molar-refractivity contribution is 9.10. The van der Waals surface area contributed by atoms with E-state index < -0.39 is 4.92 Å². The standard InChI is InChI=1S/C17H19BrN4O2/c18-14-11-19-12-16(22(23)24)17(14)20-10-13-6-2-3-7-15(13)21-8-4-1-5-9-21/h2-3,6-7,11-12H,1,4-5,8-10H2,(H,19,20). The first-order valence-electron chi connectivity index (χ1n) is 8.01. The second-order valence-corrected chi connectivity index (χ2v) is 6.66. The Kier molecular flexibility index (Phi) is 5.30. The number of nitro groups is 1. The summed E-state index contributed by atoms with van der Waals surface area (Å²) in [7, 11) is 0. The van der Waals surface area contributed by atoms with Crippen molar-refractivity contribution < 1.29 is 4.92 Å². The molecule has 24 heavy (non-hydrogen) atoms. The number of aromatic nitrogens is 1. The van der Waals surface area contributed by atoms with Gasteiger partial charge in [0, 0.05) is 31.5 Å². The third-order valence-corrected chi connectivity index (χ3v) is 4.82. The molecular formula is C17H19BrN4O2. The van der Waals surface area contributed by atoms with Gasteiger partial charge in [-0.2, -0.15) is 0 Å². The van der Waals surface area contributed by atoms with Gasteiger partial charge in [-0.3, -0.25) is 15.1 Å². The smallest absolute Gasteiger partial charge is 0.311 e. The predicted molar refractivity (Wildman–Crippen MR) is 98.4 cm³/mol. The van der Waals surface area contributed by atoms with Crippen molar-refractivity contribution >= 4 is 33.0 Å². The third-order valence-electron chi connectivity index (χ3n) is 4.22. The molecule has 0 amide bonds. The summed E-state index contributed by atoms with van der Waals surface area (Å²) in [6, 6.07) is 8.23. The van der Waals surface area contributed by atoms with Crippen LogP contribution < -0.4 is 10.2 Å². The van der Waals surface area contributed by atoms with Crippen molar-refractivity contribution in [3.05, 3.63) is 56.8 Å². The number of piperidine rings is 1. The molecule has 1 saturated heterocycles. The monoisotopic (exact) mass is 390 g/mol. The normalized spacial score (nSPS) is 14.5. The maximum atomic E-state index is 11.2. The van der Waals surface area contributed by atoms with Gasteiger partial charge in [-0.15, -0.1) is 0 Å². The minimum Gasteiger partial charge on any atom is -0.374 e. The fourth-order valence-electron chi connectivity index (χ4n) is 3.03. The Labute approximate surface area is 149 Å². The molecule has 1 aromatic heterocycles. The summed E-state index contributed by atoms with van der Waals surface area (Å²) >= 11 is 3.34. The van der Waals surface area contributed by atoms with Crippen molar-refractivity contribution in [3.8, 4) is 0 Å². The average Bonchev–Trinajstić information content (AvgIpc) is 2.61. The average molecular weight is 391 g/mol. The molecule has 0 aliphatic carbocycles. The molecular weight excluding hydrogens is 372 g/mol. The first kappa shape index (κ1) is 16.7. The van der Waals surface area contributed by atoms with Crippen LogP contribution >= 0.6 is 15.9 Å². The van der Waals surface area contributed by atoms with Crippen molar-refractivity contribution in [2.45, 2.75) is 25.8 Å². The van der Waals surface area contributed by atoms with Crippen LogP contribution in [0.3, 0.4) is 0 Å². The molecule has 126 valence electrons. The van der Waals surface area contributed by atoms with Gasteiger partial charge in [-0.1, -0.05) is 18.2 Å². The highest BCUT2D eigenvalue weighted by Gasteiger charge is 2.18. The number of para-hydroxylation sites is 1. The van der Waals surface area contributed by atoms with Crippen LogP contribution in [0.25, 0.3) is 0 Å². The number of halogens is 1. The topological polar surface area (TPSA) is 71.3 Å². The maximum Gasteiger partial charge on any atom is 0.311 e. The Morgan fingerprint density at radius 3 is 2.71 bits per heavy atom. The van der Waals surface area contributed by atoms with Gasteiger partial charge >= 0.3 is 5.69 Å². The van der Waals surface area contributed by atoms with Gasteiger partial charge in [0.05, 0.1) is 9.40 Å². The van der Waals surface area contributed by atoms with E-state index in [2.05, 4.69) is 43.3 Å². The first-order chi connectivity index (χ1) is 11.7. The highest BCUT2D eigenvalue weighted by Crippen LogP contribution is 2.32. The SMILES string of the molecule is O=[N+]([O-])c1cncc(Br)c1NCc1ccccc1N1CCCCC1. The zero-order chi connectivity index (χ0) is 16.9. The summed E-state index contributed by atoms with van der Waals surface area (Å²) in [4.78, 5) is 17.1. The lowest BCUT2D eigenvalue weighted by Gasteiger charge is -2.30. The molecule has 0 saturated carbocycles. The van der Waals surface area contributed by atoms with Crippen LogP contribution in [0.15, 0.2) is 41.1 Å². The van der Waals surface area contributed by atoms with E-state index in [9.17, 15) is 10.1 Å². The lowest BCUT2D eigenvalue weighted by atomic mass is 10.1. The Morgan fingerprint density at radius 2 is 1.96 bits per heavy atom. The van der Waals surface area contributed by atoms with Crippen LogP contribution in [0.5, 0.6) is 0 Å². The fourth-order valence-corrected chi connectivity index (χ4v) is 3.49. The molecule has 0 spiro atoms. The van der Waals surface area contributed by atoms with Crippen molar-refractivity contribution in [1.29, 1.82) is 0 Å². The molecule has 1 aromatic carbocycles. The van der Waals surface area contributed by atoms with Gasteiger partial charge in [0.1, 0.15) is 11.9 Å². The van der Waals surface area contributed by atoms with Crippen LogP contribution in [0.1, 0.15) is 24.8 Å². The predicted octanol–water partition coefficient (Wildman–Crippen LogP) is 4.35. The van der Waals surface area contributed by atoms with Gasteiger partial charge < -0.3 is 10.2 Å². The summed E-state index contributed by atoms with van der Waals surface area (Å²) in [5.41, 5.74) is 2.78. The zero-order valence-corrected chi connectivity index (χ0v) is 14.8. The number of nitrogens with zero attached hydrogens (tertiary/aromatic N) is 3. The van der Waals surface area contributed by atoms with Gasteiger partial charge in [0.25, 0.3) is 0 Å². The lowest BCUT2D eigenvalue weighted by Crippen LogP contribution is -2.30. The molecule has 0 bridgehead atoms. The van der Waals surface area contributed by atoms with Gasteiger partial charge in [0.15, 0.2) is 0 Å². The quantitative estimate of drug-likeness (QED) is 0.606. The lowest BCUT2D eigenvalue weighted by molar-refractivity contribution is -0.384. The Balaban J connectivity index is 1.82. The van der Waals surface area contributed by atoms with Gasteiger partial charge in [-0.25, -0.2) is 0 Å². The molecule has 3 rings (SSSR count). The molecule has 1 fully saturated rings. The molecule has 2 heterocycles. The number of hydrogen-bond donors (Lipinski definition) is 1. The van der Waals surface area contributed by atoms with E-state index in [4.69, 9.17) is 0 Å². The number of nitrogens with one attached hydrogen (secondary N) is 1. The van der Waals surface area contributed by atoms with Gasteiger partial charge in [0.2, 0.25) is 0 Å². The summed E-state index contributed by atoms with van der Waals surface area (Å²) in [6.45, 7) is 2.66. The third kappa shape index (κ3) is 3.67. The highest BCUT2D eigenvalue weighted by atomic mass is 79.9. The molecule has 0 radical (unpaired) electrons. The van der Waals surface area contributed by atoms with Crippen LogP contribution in [-0.4, -0.2) is 23.0 Å².